The topological polar surface area (TPSA) is 88.1 Å². The Kier molecular flexibility index (Phi) is 5.33. The number of nitriles is 1. The minimum atomic E-state index is -1.28. The van der Waals surface area contributed by atoms with Crippen LogP contribution < -0.4 is 4.74 Å². The number of carbonyl (C=O) groups is 1. The van der Waals surface area contributed by atoms with E-state index in [9.17, 15) is 9.90 Å². The molecular formula is C21H17N3O3. The van der Waals surface area contributed by atoms with Crippen molar-refractivity contribution in [2.75, 3.05) is 7.11 Å². The zero-order valence-electron chi connectivity index (χ0n) is 14.7. The molecule has 6 heteroatoms. The first-order chi connectivity index (χ1) is 13.1. The number of methoxy groups -OCH3 is 1. The molecule has 0 radical (unpaired) electrons. The third kappa shape index (κ3) is 4.05. The van der Waals surface area contributed by atoms with E-state index in [1.54, 1.807) is 30.1 Å². The van der Waals surface area contributed by atoms with E-state index in [0.29, 0.717) is 23.6 Å². The maximum Gasteiger partial charge on any atom is 0.346 e. The van der Waals surface area contributed by atoms with Crippen molar-refractivity contribution in [3.05, 3.63) is 77.5 Å². The summed E-state index contributed by atoms with van der Waals surface area (Å²) < 4.78 is 7.13. The van der Waals surface area contributed by atoms with Crippen LogP contribution in [-0.4, -0.2) is 28.0 Å². The number of carboxylic acid groups (broad SMARTS) is 1. The van der Waals surface area contributed by atoms with E-state index in [4.69, 9.17) is 10.00 Å². The summed E-state index contributed by atoms with van der Waals surface area (Å²) in [6.07, 6.45) is 3.06. The molecule has 27 heavy (non-hydrogen) atoms. The number of hydrogen-bond donors (Lipinski definition) is 1. The first-order valence-corrected chi connectivity index (χ1v) is 8.22. The number of hydrogen-bond acceptors (Lipinski definition) is 4. The quantitative estimate of drug-likeness (QED) is 0.537. The van der Waals surface area contributed by atoms with Crippen LogP contribution in [-0.2, 0) is 11.3 Å². The smallest absolute Gasteiger partial charge is 0.346 e. The lowest BCUT2D eigenvalue weighted by Crippen LogP contribution is -2.00. The summed E-state index contributed by atoms with van der Waals surface area (Å²) in [6, 6.07) is 18.8. The van der Waals surface area contributed by atoms with Crippen LogP contribution in [0.2, 0.25) is 0 Å². The number of benzene rings is 2. The monoisotopic (exact) mass is 359 g/mol. The molecule has 0 fully saturated rings. The average Bonchev–Trinajstić information content (AvgIpc) is 3.08. The van der Waals surface area contributed by atoms with E-state index in [0.717, 1.165) is 11.1 Å². The normalized spacial score (nSPS) is 11.0. The number of carboxylic acids is 1. The fourth-order valence-electron chi connectivity index (χ4n) is 2.74. The van der Waals surface area contributed by atoms with Crippen molar-refractivity contribution in [2.45, 2.75) is 6.54 Å². The maximum absolute atomic E-state index is 11.3. The van der Waals surface area contributed by atoms with Crippen LogP contribution in [0.3, 0.4) is 0 Å². The number of para-hydroxylation sites is 1. The summed E-state index contributed by atoms with van der Waals surface area (Å²) in [5.74, 6) is -0.662. The Hall–Kier alpha value is -3.85. The molecule has 0 spiro atoms. The van der Waals surface area contributed by atoms with Crippen LogP contribution in [0.15, 0.2) is 66.4 Å². The van der Waals surface area contributed by atoms with Gasteiger partial charge in [-0.3, -0.25) is 4.68 Å². The predicted octanol–water partition coefficient (Wildman–Crippen LogP) is 3.60. The molecule has 0 aliphatic carbocycles. The molecule has 3 rings (SSSR count). The molecule has 0 aliphatic rings. The van der Waals surface area contributed by atoms with E-state index in [-0.39, 0.29) is 5.57 Å². The highest BCUT2D eigenvalue weighted by molar-refractivity contribution is 5.97. The van der Waals surface area contributed by atoms with E-state index in [1.807, 2.05) is 48.5 Å². The van der Waals surface area contributed by atoms with Gasteiger partial charge in [-0.25, -0.2) is 4.79 Å². The summed E-state index contributed by atoms with van der Waals surface area (Å²) >= 11 is 0. The largest absolute Gasteiger partial charge is 0.496 e. The van der Waals surface area contributed by atoms with Crippen LogP contribution in [0, 0.1) is 11.3 Å². The van der Waals surface area contributed by atoms with Gasteiger partial charge in [-0.15, -0.1) is 0 Å². The van der Waals surface area contributed by atoms with Crippen molar-refractivity contribution < 1.29 is 14.6 Å². The summed E-state index contributed by atoms with van der Waals surface area (Å²) in [7, 11) is 1.56. The zero-order chi connectivity index (χ0) is 19.2. The summed E-state index contributed by atoms with van der Waals surface area (Å²) in [5.41, 5.74) is 2.51. The van der Waals surface area contributed by atoms with Gasteiger partial charge in [-0.1, -0.05) is 42.5 Å². The molecule has 134 valence electrons. The summed E-state index contributed by atoms with van der Waals surface area (Å²) in [4.78, 5) is 11.3. The van der Waals surface area contributed by atoms with Crippen LogP contribution in [0.1, 0.15) is 11.1 Å². The Morgan fingerprint density at radius 2 is 1.93 bits per heavy atom. The van der Waals surface area contributed by atoms with Crippen molar-refractivity contribution in [3.8, 4) is 23.1 Å². The van der Waals surface area contributed by atoms with Crippen molar-refractivity contribution in [1.29, 1.82) is 5.26 Å². The van der Waals surface area contributed by atoms with Gasteiger partial charge in [0.15, 0.2) is 0 Å². The first-order valence-electron chi connectivity index (χ1n) is 8.22. The molecule has 0 atom stereocenters. The number of nitrogens with zero attached hydrogens (tertiary/aromatic N) is 3. The Morgan fingerprint density at radius 3 is 2.59 bits per heavy atom. The molecule has 0 aliphatic heterocycles. The van der Waals surface area contributed by atoms with Crippen molar-refractivity contribution in [2.24, 2.45) is 0 Å². The summed E-state index contributed by atoms with van der Waals surface area (Å²) in [5, 5.41) is 22.9. The average molecular weight is 359 g/mol. The third-order valence-electron chi connectivity index (χ3n) is 3.99. The summed E-state index contributed by atoms with van der Waals surface area (Å²) in [6.45, 7) is 0.520. The van der Waals surface area contributed by atoms with Gasteiger partial charge < -0.3 is 9.84 Å². The number of ether oxygens (including phenoxy) is 1. The van der Waals surface area contributed by atoms with Gasteiger partial charge >= 0.3 is 5.97 Å². The highest BCUT2D eigenvalue weighted by Gasteiger charge is 2.16. The SMILES string of the molecule is COc1ccccc1-c1nn(Cc2ccccc2)cc1/C=C(\C#N)C(=O)O. The van der Waals surface area contributed by atoms with E-state index in [2.05, 4.69) is 5.10 Å². The van der Waals surface area contributed by atoms with Crippen molar-refractivity contribution in [3.63, 3.8) is 0 Å². The van der Waals surface area contributed by atoms with Crippen LogP contribution >= 0.6 is 0 Å². The maximum atomic E-state index is 11.3. The van der Waals surface area contributed by atoms with Crippen molar-refractivity contribution >= 4 is 12.0 Å². The van der Waals surface area contributed by atoms with E-state index < -0.39 is 5.97 Å². The lowest BCUT2D eigenvalue weighted by molar-refractivity contribution is -0.132. The zero-order valence-corrected chi connectivity index (χ0v) is 14.7. The van der Waals surface area contributed by atoms with Crippen LogP contribution in [0.5, 0.6) is 5.75 Å². The second-order valence-electron chi connectivity index (χ2n) is 5.79. The molecule has 1 heterocycles. The van der Waals surface area contributed by atoms with Crippen LogP contribution in [0.4, 0.5) is 0 Å². The van der Waals surface area contributed by atoms with E-state index >= 15 is 0 Å². The predicted molar refractivity (Wildman–Crippen MR) is 101 cm³/mol. The highest BCUT2D eigenvalue weighted by atomic mass is 16.5. The Bertz CT molecular complexity index is 1030. The Morgan fingerprint density at radius 1 is 1.22 bits per heavy atom. The first kappa shape index (κ1) is 18.0. The number of aromatic nitrogens is 2. The highest BCUT2D eigenvalue weighted by Crippen LogP contribution is 2.32. The molecule has 2 aromatic carbocycles. The minimum Gasteiger partial charge on any atom is -0.496 e. The number of aliphatic carboxylic acids is 1. The Labute approximate surface area is 156 Å². The fourth-order valence-corrected chi connectivity index (χ4v) is 2.74. The second kappa shape index (κ2) is 8.02. The molecule has 0 unspecified atom stereocenters. The molecule has 1 N–H and O–H groups in total. The molecule has 3 aromatic rings. The van der Waals surface area contributed by atoms with Gasteiger partial charge in [0, 0.05) is 17.3 Å². The third-order valence-corrected chi connectivity index (χ3v) is 3.99. The molecule has 1 aromatic heterocycles. The molecular weight excluding hydrogens is 342 g/mol. The molecule has 0 saturated carbocycles. The molecule has 0 amide bonds. The van der Waals surface area contributed by atoms with Gasteiger partial charge in [0.1, 0.15) is 23.1 Å². The van der Waals surface area contributed by atoms with Crippen molar-refractivity contribution in [1.82, 2.24) is 9.78 Å². The minimum absolute atomic E-state index is 0.356. The van der Waals surface area contributed by atoms with Gasteiger partial charge in [0.2, 0.25) is 0 Å². The van der Waals surface area contributed by atoms with Crippen LogP contribution in [0.25, 0.3) is 17.3 Å². The molecule has 0 saturated heterocycles. The molecule has 0 bridgehead atoms. The lowest BCUT2D eigenvalue weighted by atomic mass is 10.1. The second-order valence-corrected chi connectivity index (χ2v) is 5.79. The number of rotatable bonds is 6. The van der Waals surface area contributed by atoms with Gasteiger partial charge in [-0.05, 0) is 23.8 Å². The van der Waals surface area contributed by atoms with Gasteiger partial charge in [-0.2, -0.15) is 10.4 Å². The fraction of sp³-hybridized carbons (Fsp3) is 0.0952. The Balaban J connectivity index is 2.12. The lowest BCUT2D eigenvalue weighted by Gasteiger charge is -2.06. The van der Waals surface area contributed by atoms with Gasteiger partial charge in [0.25, 0.3) is 0 Å². The van der Waals surface area contributed by atoms with Gasteiger partial charge in [0.05, 0.1) is 13.7 Å². The standard InChI is InChI=1S/C21H17N3O3/c1-27-19-10-6-5-9-18(19)20-17(11-16(12-22)21(25)26)14-24(23-20)13-15-7-3-2-4-8-15/h2-11,14H,13H2,1H3,(H,25,26)/b16-11+. The molecule has 6 nitrogen and oxygen atoms in total. The van der Waals surface area contributed by atoms with E-state index in [1.165, 1.54) is 6.08 Å².